The summed E-state index contributed by atoms with van der Waals surface area (Å²) in [5, 5.41) is 0. The van der Waals surface area contributed by atoms with Gasteiger partial charge in [-0.15, -0.1) is 11.8 Å². The second-order valence-electron chi connectivity index (χ2n) is 3.98. The highest BCUT2D eigenvalue weighted by Gasteiger charge is 2.11. The monoisotopic (exact) mass is 161 g/mol. The molecule has 0 saturated heterocycles. The molecule has 0 N–H and O–H groups in total. The van der Waals surface area contributed by atoms with E-state index < -0.39 is 0 Å². The van der Waals surface area contributed by atoms with Crippen molar-refractivity contribution in [1.29, 1.82) is 0 Å². The number of hydrogen-bond donors (Lipinski definition) is 0. The summed E-state index contributed by atoms with van der Waals surface area (Å²) in [6, 6.07) is 0. The molecule has 0 heterocycles. The zero-order valence-corrected chi connectivity index (χ0v) is 8.49. The van der Waals surface area contributed by atoms with Crippen molar-refractivity contribution >= 4 is 0 Å². The van der Waals surface area contributed by atoms with Gasteiger partial charge < -0.3 is 0 Å². The van der Waals surface area contributed by atoms with E-state index in [1.54, 1.807) is 0 Å². The molecule has 0 aromatic heterocycles. The zero-order chi connectivity index (χ0) is 9.61. The Balaban J connectivity index is 3.75. The number of rotatable bonds is 2. The van der Waals surface area contributed by atoms with Gasteiger partial charge in [0.25, 0.3) is 0 Å². The fourth-order valence-corrected chi connectivity index (χ4v) is 0.714. The smallest absolute Gasteiger partial charge is 0.0277 e. The largest absolute Gasteiger partial charge is 0.103 e. The summed E-state index contributed by atoms with van der Waals surface area (Å²) in [6.45, 7) is 8.19. The van der Waals surface area contributed by atoms with E-state index in [1.165, 1.54) is 0 Å². The average molecular weight is 161 g/mol. The fourth-order valence-electron chi connectivity index (χ4n) is 0.714. The lowest BCUT2D eigenvalue weighted by Gasteiger charge is -2.13. The molecule has 65 valence electrons. The Morgan fingerprint density at radius 2 is 1.92 bits per heavy atom. The van der Waals surface area contributed by atoms with Crippen LogP contribution < -0.4 is 0 Å². The molecule has 0 bridgehead atoms. The van der Waals surface area contributed by atoms with Gasteiger partial charge in [0.2, 0.25) is 0 Å². The fraction of sp³-hybridized carbons (Fsp3) is 0.667. The Hall–Kier alpha value is -0.880. The van der Waals surface area contributed by atoms with Crippen molar-refractivity contribution in [3.05, 3.63) is 6.42 Å². The third-order valence-electron chi connectivity index (χ3n) is 1.60. The minimum Gasteiger partial charge on any atom is -0.103 e. The first kappa shape index (κ1) is 11.1. The van der Waals surface area contributed by atoms with Crippen molar-refractivity contribution in [2.75, 3.05) is 0 Å². The van der Waals surface area contributed by atoms with E-state index in [2.05, 4.69) is 31.6 Å². The zero-order valence-electron chi connectivity index (χ0n) is 8.49. The molecule has 0 rings (SSSR count). The van der Waals surface area contributed by atoms with Gasteiger partial charge in [-0.25, -0.2) is 0 Å². The molecule has 0 atom stereocenters. The minimum atomic E-state index is -0.105. The maximum Gasteiger partial charge on any atom is 0.0277 e. The summed E-state index contributed by atoms with van der Waals surface area (Å²) in [4.78, 5) is 0. The Bertz CT molecular complexity index is 215. The minimum absolute atomic E-state index is 0.105. The summed E-state index contributed by atoms with van der Waals surface area (Å²) in [5.74, 6) is 9.17. The summed E-state index contributed by atoms with van der Waals surface area (Å²) in [5.41, 5.74) is -0.105. The van der Waals surface area contributed by atoms with Crippen molar-refractivity contribution in [2.24, 2.45) is 11.3 Å². The van der Waals surface area contributed by atoms with Crippen molar-refractivity contribution in [2.45, 2.75) is 40.5 Å². The van der Waals surface area contributed by atoms with Crippen LogP contribution in [0.1, 0.15) is 40.5 Å². The van der Waals surface area contributed by atoms with Gasteiger partial charge in [0.1, 0.15) is 0 Å². The van der Waals surface area contributed by atoms with E-state index in [0.717, 1.165) is 12.8 Å². The normalized spacial score (nSPS) is 10.3. The quantitative estimate of drug-likeness (QED) is 0.546. The average Bonchev–Trinajstić information content (AvgIpc) is 1.98. The second-order valence-corrected chi connectivity index (χ2v) is 3.98. The molecular formula is C12H17. The predicted octanol–water partition coefficient (Wildman–Crippen LogP) is 3.04. The van der Waals surface area contributed by atoms with Crippen molar-refractivity contribution in [3.63, 3.8) is 0 Å². The second kappa shape index (κ2) is 4.89. The maximum absolute atomic E-state index is 7.03. The molecule has 0 nitrogen and oxygen atoms in total. The van der Waals surface area contributed by atoms with Gasteiger partial charge >= 0.3 is 0 Å². The Kier molecular flexibility index (Phi) is 4.53. The molecule has 0 unspecified atom stereocenters. The van der Waals surface area contributed by atoms with E-state index in [1.807, 2.05) is 13.8 Å². The molecule has 0 aliphatic heterocycles. The molecule has 12 heavy (non-hydrogen) atoms. The van der Waals surface area contributed by atoms with E-state index >= 15 is 0 Å². The summed E-state index contributed by atoms with van der Waals surface area (Å²) >= 11 is 0. The molecule has 0 aliphatic rings. The third kappa shape index (κ3) is 5.87. The Morgan fingerprint density at radius 3 is 2.33 bits per heavy atom. The van der Waals surface area contributed by atoms with E-state index in [0.29, 0.717) is 5.92 Å². The summed E-state index contributed by atoms with van der Waals surface area (Å²) in [6.07, 6.45) is 8.83. The molecule has 0 saturated carbocycles. The standard InChI is InChI=1S/C12H17/c1-6-12(4,5)10-8-7-9-11(2)3/h11H,8,10H2,2-5H3. The van der Waals surface area contributed by atoms with Crippen LogP contribution in [0.4, 0.5) is 0 Å². The van der Waals surface area contributed by atoms with Gasteiger partial charge in [-0.3, -0.25) is 0 Å². The van der Waals surface area contributed by atoms with Crippen LogP contribution in [-0.2, 0) is 0 Å². The van der Waals surface area contributed by atoms with Gasteiger partial charge in [0.15, 0.2) is 0 Å². The molecule has 0 aromatic carbocycles. The van der Waals surface area contributed by atoms with Crippen LogP contribution in [0.25, 0.3) is 0 Å². The maximum atomic E-state index is 7.03. The predicted molar refractivity (Wildman–Crippen MR) is 52.8 cm³/mol. The van der Waals surface area contributed by atoms with Gasteiger partial charge in [-0.05, 0) is 26.7 Å². The number of hydrogen-bond acceptors (Lipinski definition) is 0. The Morgan fingerprint density at radius 1 is 1.33 bits per heavy atom. The van der Waals surface area contributed by atoms with Crippen LogP contribution in [0.15, 0.2) is 0 Å². The lowest BCUT2D eigenvalue weighted by atomic mass is 9.89. The Labute approximate surface area is 76.8 Å². The van der Waals surface area contributed by atoms with Gasteiger partial charge in [0.05, 0.1) is 0 Å². The molecule has 1 radical (unpaired) electrons. The van der Waals surface area contributed by atoms with E-state index in [9.17, 15) is 0 Å². The molecule has 0 aromatic rings. The molecule has 0 spiro atoms. The third-order valence-corrected chi connectivity index (χ3v) is 1.60. The first-order chi connectivity index (χ1) is 5.48. The van der Waals surface area contributed by atoms with Crippen LogP contribution in [0, 0.1) is 35.5 Å². The van der Waals surface area contributed by atoms with Crippen molar-refractivity contribution in [3.8, 4) is 17.8 Å². The van der Waals surface area contributed by atoms with Crippen molar-refractivity contribution in [1.82, 2.24) is 0 Å². The lowest BCUT2D eigenvalue weighted by molar-refractivity contribution is 0.466. The highest BCUT2D eigenvalue weighted by atomic mass is 14.1. The molecule has 0 amide bonds. The summed E-state index contributed by atoms with van der Waals surface area (Å²) in [7, 11) is 0. The van der Waals surface area contributed by atoms with Crippen LogP contribution in [0.2, 0.25) is 0 Å². The SMILES string of the molecule is [C]#CC(C)(C)CCC#CC(C)C. The molecule has 0 fully saturated rings. The van der Waals surface area contributed by atoms with Crippen LogP contribution in [0.5, 0.6) is 0 Å². The van der Waals surface area contributed by atoms with E-state index in [4.69, 9.17) is 6.42 Å². The van der Waals surface area contributed by atoms with Crippen LogP contribution in [0.3, 0.4) is 0 Å². The van der Waals surface area contributed by atoms with Crippen LogP contribution >= 0.6 is 0 Å². The highest BCUT2D eigenvalue weighted by molar-refractivity contribution is 5.04. The molecular weight excluding hydrogens is 144 g/mol. The molecule has 0 heteroatoms. The highest BCUT2D eigenvalue weighted by Crippen LogP contribution is 2.19. The van der Waals surface area contributed by atoms with Crippen LogP contribution in [-0.4, -0.2) is 0 Å². The van der Waals surface area contributed by atoms with Gasteiger partial charge in [-0.2, -0.15) is 0 Å². The first-order valence-corrected chi connectivity index (χ1v) is 4.40. The van der Waals surface area contributed by atoms with Gasteiger partial charge in [-0.1, -0.05) is 19.8 Å². The van der Waals surface area contributed by atoms with E-state index in [-0.39, 0.29) is 5.41 Å². The van der Waals surface area contributed by atoms with Crippen molar-refractivity contribution < 1.29 is 0 Å². The van der Waals surface area contributed by atoms with Gasteiger partial charge in [0, 0.05) is 17.8 Å². The lowest BCUT2D eigenvalue weighted by Crippen LogP contribution is -2.06. The molecule has 0 aliphatic carbocycles. The summed E-state index contributed by atoms with van der Waals surface area (Å²) < 4.78 is 0. The topological polar surface area (TPSA) is 0 Å². The first-order valence-electron chi connectivity index (χ1n) is 4.40.